The van der Waals surface area contributed by atoms with Crippen LogP contribution in [0.5, 0.6) is 0 Å². The van der Waals surface area contributed by atoms with Gasteiger partial charge in [-0.05, 0) is 19.1 Å². The van der Waals surface area contributed by atoms with Gasteiger partial charge in [-0.2, -0.15) is 0 Å². The number of rotatable bonds is 3. The van der Waals surface area contributed by atoms with Gasteiger partial charge in [-0.1, -0.05) is 12.2 Å². The Balaban J connectivity index is 2.20. The average Bonchev–Trinajstić information content (AvgIpc) is 2.38. The Morgan fingerprint density at radius 1 is 1.20 bits per heavy atom. The molecule has 2 rings (SSSR count). The summed E-state index contributed by atoms with van der Waals surface area (Å²) in [6, 6.07) is 3.12. The fourth-order valence-electron chi connectivity index (χ4n) is 2.05. The van der Waals surface area contributed by atoms with E-state index in [2.05, 4.69) is 6.58 Å². The molecule has 1 saturated heterocycles. The van der Waals surface area contributed by atoms with Crippen molar-refractivity contribution >= 4 is 17.5 Å². The average molecular weight is 280 g/mol. The van der Waals surface area contributed by atoms with Crippen LogP contribution in [0.25, 0.3) is 0 Å². The van der Waals surface area contributed by atoms with Gasteiger partial charge in [0, 0.05) is 31.4 Å². The smallest absolute Gasteiger partial charge is 0.316 e. The number of nitrogens with zero attached hydrogens (tertiary/aromatic N) is 2. The van der Waals surface area contributed by atoms with E-state index in [1.807, 2.05) is 0 Å². The highest BCUT2D eigenvalue weighted by atomic mass is 19.2. The summed E-state index contributed by atoms with van der Waals surface area (Å²) in [6.45, 7) is 6.34. The van der Waals surface area contributed by atoms with E-state index in [-0.39, 0.29) is 12.2 Å². The first kappa shape index (κ1) is 14.2. The van der Waals surface area contributed by atoms with E-state index in [1.165, 1.54) is 11.0 Å². The van der Waals surface area contributed by atoms with Crippen LogP contribution in [0.3, 0.4) is 0 Å². The molecule has 1 aromatic carbocycles. The van der Waals surface area contributed by atoms with Gasteiger partial charge < -0.3 is 9.80 Å². The largest absolute Gasteiger partial charge is 0.329 e. The van der Waals surface area contributed by atoms with E-state index in [1.54, 1.807) is 6.92 Å². The molecule has 4 nitrogen and oxygen atoms in total. The number of benzene rings is 1. The van der Waals surface area contributed by atoms with E-state index in [0.29, 0.717) is 13.1 Å². The number of hydrogen-bond acceptors (Lipinski definition) is 2. The van der Waals surface area contributed by atoms with E-state index in [9.17, 15) is 18.4 Å². The maximum atomic E-state index is 13.2. The molecular weight excluding hydrogens is 266 g/mol. The normalized spacial score (nSPS) is 15.8. The molecule has 0 unspecified atom stereocenters. The first-order valence-corrected chi connectivity index (χ1v) is 6.10. The van der Waals surface area contributed by atoms with Gasteiger partial charge in [-0.15, -0.1) is 0 Å². The molecule has 1 heterocycles. The number of halogens is 2. The molecule has 0 aromatic heterocycles. The summed E-state index contributed by atoms with van der Waals surface area (Å²) in [5, 5.41) is 0. The predicted molar refractivity (Wildman–Crippen MR) is 70.1 cm³/mol. The Bertz CT molecular complexity index is 587. The van der Waals surface area contributed by atoms with Gasteiger partial charge in [0.2, 0.25) is 0 Å². The van der Waals surface area contributed by atoms with Crippen molar-refractivity contribution in [2.75, 3.05) is 24.5 Å². The van der Waals surface area contributed by atoms with Crippen LogP contribution in [0.1, 0.15) is 6.92 Å². The topological polar surface area (TPSA) is 40.6 Å². The van der Waals surface area contributed by atoms with E-state index in [0.717, 1.165) is 22.6 Å². The Hall–Kier alpha value is -2.24. The second kappa shape index (κ2) is 5.40. The van der Waals surface area contributed by atoms with E-state index >= 15 is 0 Å². The molecule has 1 aliphatic heterocycles. The quantitative estimate of drug-likeness (QED) is 0.625. The van der Waals surface area contributed by atoms with Crippen molar-refractivity contribution in [2.24, 2.45) is 0 Å². The van der Waals surface area contributed by atoms with Crippen LogP contribution in [-0.4, -0.2) is 36.3 Å². The van der Waals surface area contributed by atoms with Gasteiger partial charge in [-0.25, -0.2) is 8.78 Å². The lowest BCUT2D eigenvalue weighted by Gasteiger charge is -2.33. The van der Waals surface area contributed by atoms with Crippen LogP contribution in [0.15, 0.2) is 30.4 Å². The molecule has 106 valence electrons. The van der Waals surface area contributed by atoms with Crippen LogP contribution in [0, 0.1) is 11.6 Å². The molecule has 0 saturated carbocycles. The van der Waals surface area contributed by atoms with Crippen molar-refractivity contribution in [3.63, 3.8) is 0 Å². The lowest BCUT2D eigenvalue weighted by molar-refractivity contribution is -0.145. The number of piperazine rings is 1. The Morgan fingerprint density at radius 2 is 1.90 bits per heavy atom. The fourth-order valence-corrected chi connectivity index (χ4v) is 2.05. The summed E-state index contributed by atoms with van der Waals surface area (Å²) in [4.78, 5) is 26.5. The molecular formula is C14H14F2N2O2. The molecule has 0 spiro atoms. The van der Waals surface area contributed by atoms with Crippen LogP contribution in [0.2, 0.25) is 0 Å². The molecule has 1 fully saturated rings. The predicted octanol–water partition coefficient (Wildman–Crippen LogP) is 1.72. The molecule has 0 N–H and O–H groups in total. The summed E-state index contributed by atoms with van der Waals surface area (Å²) < 4.78 is 26.1. The fraction of sp³-hybridized carbons (Fsp3) is 0.286. The van der Waals surface area contributed by atoms with E-state index in [4.69, 9.17) is 0 Å². The lowest BCUT2D eigenvalue weighted by Crippen LogP contribution is -2.54. The number of amides is 2. The number of hydrogen-bond donors (Lipinski definition) is 0. The second-order valence-corrected chi connectivity index (χ2v) is 4.74. The van der Waals surface area contributed by atoms with Crippen molar-refractivity contribution in [2.45, 2.75) is 6.92 Å². The maximum Gasteiger partial charge on any atom is 0.316 e. The van der Waals surface area contributed by atoms with Crippen LogP contribution >= 0.6 is 0 Å². The monoisotopic (exact) mass is 280 g/mol. The SMILES string of the molecule is C=C(C)CN1CCN(c2ccc(F)c(F)c2)C(=O)C1=O. The van der Waals surface area contributed by atoms with Crippen LogP contribution in [-0.2, 0) is 9.59 Å². The molecule has 1 aliphatic rings. The van der Waals surface area contributed by atoms with Crippen LogP contribution in [0.4, 0.5) is 14.5 Å². The van der Waals surface area contributed by atoms with Gasteiger partial charge in [0.05, 0.1) is 0 Å². The highest BCUT2D eigenvalue weighted by Gasteiger charge is 2.33. The highest BCUT2D eigenvalue weighted by molar-refractivity contribution is 6.41. The summed E-state index contributed by atoms with van der Waals surface area (Å²) in [7, 11) is 0. The Morgan fingerprint density at radius 3 is 2.50 bits per heavy atom. The Labute approximate surface area is 115 Å². The molecule has 20 heavy (non-hydrogen) atoms. The molecule has 0 aliphatic carbocycles. The van der Waals surface area contributed by atoms with Gasteiger partial charge in [0.15, 0.2) is 11.6 Å². The summed E-state index contributed by atoms with van der Waals surface area (Å²) in [5.74, 6) is -3.45. The molecule has 0 radical (unpaired) electrons. The zero-order valence-corrected chi connectivity index (χ0v) is 11.0. The first-order valence-electron chi connectivity index (χ1n) is 6.10. The molecule has 6 heteroatoms. The zero-order valence-electron chi connectivity index (χ0n) is 11.0. The Kier molecular flexibility index (Phi) is 3.83. The summed E-state index contributed by atoms with van der Waals surface area (Å²) in [5.41, 5.74) is 0.949. The van der Waals surface area contributed by atoms with Crippen molar-refractivity contribution in [3.05, 3.63) is 42.0 Å². The molecule has 2 amide bonds. The third-order valence-corrected chi connectivity index (χ3v) is 2.98. The van der Waals surface area contributed by atoms with Gasteiger partial charge in [0.25, 0.3) is 0 Å². The highest BCUT2D eigenvalue weighted by Crippen LogP contribution is 2.20. The summed E-state index contributed by atoms with van der Waals surface area (Å²) in [6.07, 6.45) is 0. The minimum Gasteiger partial charge on any atom is -0.329 e. The van der Waals surface area contributed by atoms with Crippen LogP contribution < -0.4 is 4.90 Å². The van der Waals surface area contributed by atoms with Gasteiger partial charge in [0.1, 0.15) is 0 Å². The molecule has 0 atom stereocenters. The van der Waals surface area contributed by atoms with Crippen molar-refractivity contribution < 1.29 is 18.4 Å². The molecule has 1 aromatic rings. The number of anilines is 1. The third-order valence-electron chi connectivity index (χ3n) is 2.98. The minimum absolute atomic E-state index is 0.178. The standard InChI is InChI=1S/C14H14F2N2O2/c1-9(2)8-17-5-6-18(14(20)13(17)19)10-3-4-11(15)12(16)7-10/h3-4,7H,1,5-6,8H2,2H3. The molecule has 0 bridgehead atoms. The van der Waals surface area contributed by atoms with Crippen molar-refractivity contribution in [1.29, 1.82) is 0 Å². The van der Waals surface area contributed by atoms with Crippen molar-refractivity contribution in [1.82, 2.24) is 4.90 Å². The zero-order chi connectivity index (χ0) is 14.9. The maximum absolute atomic E-state index is 13.2. The third kappa shape index (κ3) is 2.68. The van der Waals surface area contributed by atoms with Gasteiger partial charge in [-0.3, -0.25) is 9.59 Å². The minimum atomic E-state index is -1.05. The second-order valence-electron chi connectivity index (χ2n) is 4.74. The number of carbonyl (C=O) groups is 2. The lowest BCUT2D eigenvalue weighted by atomic mass is 10.2. The van der Waals surface area contributed by atoms with E-state index < -0.39 is 23.4 Å². The van der Waals surface area contributed by atoms with Gasteiger partial charge >= 0.3 is 11.8 Å². The van der Waals surface area contributed by atoms with Crippen molar-refractivity contribution in [3.8, 4) is 0 Å². The summed E-state index contributed by atoms with van der Waals surface area (Å²) >= 11 is 0. The number of carbonyl (C=O) groups excluding carboxylic acids is 2. The first-order chi connectivity index (χ1) is 9.40.